The molecule has 1 saturated carbocycles. The standard InChI is InChI=1S/C17H28N2/c1-4-17(18-5-2)15-9-11-16(12-10-15)19(3)13-14-7-6-8-14/h9-12,14,17-18H,4-8,13H2,1-3H3. The molecule has 0 amide bonds. The van der Waals surface area contributed by atoms with Crippen LogP contribution in [-0.2, 0) is 0 Å². The largest absolute Gasteiger partial charge is 0.374 e. The predicted octanol–water partition coefficient (Wildman–Crippen LogP) is 3.98. The molecule has 1 N–H and O–H groups in total. The van der Waals surface area contributed by atoms with E-state index < -0.39 is 0 Å². The molecule has 0 aromatic heterocycles. The molecule has 0 heterocycles. The van der Waals surface area contributed by atoms with Crippen molar-refractivity contribution in [2.24, 2.45) is 5.92 Å². The van der Waals surface area contributed by atoms with E-state index in [-0.39, 0.29) is 0 Å². The van der Waals surface area contributed by atoms with E-state index >= 15 is 0 Å². The zero-order chi connectivity index (χ0) is 13.7. The first-order valence-corrected chi connectivity index (χ1v) is 7.79. The third-order valence-electron chi connectivity index (χ3n) is 4.35. The number of hydrogen-bond acceptors (Lipinski definition) is 2. The van der Waals surface area contributed by atoms with Crippen molar-refractivity contribution in [2.45, 2.75) is 45.6 Å². The first-order chi connectivity index (χ1) is 9.24. The van der Waals surface area contributed by atoms with E-state index in [0.717, 1.165) is 18.9 Å². The average Bonchev–Trinajstić information content (AvgIpc) is 2.40. The van der Waals surface area contributed by atoms with Gasteiger partial charge in [0.2, 0.25) is 0 Å². The summed E-state index contributed by atoms with van der Waals surface area (Å²) in [5, 5.41) is 3.53. The van der Waals surface area contributed by atoms with E-state index in [4.69, 9.17) is 0 Å². The first-order valence-electron chi connectivity index (χ1n) is 7.79. The Balaban J connectivity index is 1.96. The number of nitrogens with zero attached hydrogens (tertiary/aromatic N) is 1. The van der Waals surface area contributed by atoms with Gasteiger partial charge in [-0.15, -0.1) is 0 Å². The maximum atomic E-state index is 3.53. The molecular formula is C17H28N2. The fourth-order valence-electron chi connectivity index (χ4n) is 2.87. The van der Waals surface area contributed by atoms with Crippen LogP contribution in [0.3, 0.4) is 0 Å². The topological polar surface area (TPSA) is 15.3 Å². The van der Waals surface area contributed by atoms with Gasteiger partial charge < -0.3 is 10.2 Å². The minimum Gasteiger partial charge on any atom is -0.374 e. The second-order valence-corrected chi connectivity index (χ2v) is 5.79. The average molecular weight is 260 g/mol. The van der Waals surface area contributed by atoms with Gasteiger partial charge in [-0.2, -0.15) is 0 Å². The molecule has 0 spiro atoms. The molecular weight excluding hydrogens is 232 g/mol. The molecule has 19 heavy (non-hydrogen) atoms. The zero-order valence-corrected chi connectivity index (χ0v) is 12.7. The predicted molar refractivity (Wildman–Crippen MR) is 83.8 cm³/mol. The van der Waals surface area contributed by atoms with Crippen LogP contribution in [-0.4, -0.2) is 20.1 Å². The van der Waals surface area contributed by atoms with Crippen molar-refractivity contribution in [3.63, 3.8) is 0 Å². The second kappa shape index (κ2) is 6.95. The van der Waals surface area contributed by atoms with Crippen LogP contribution in [0, 0.1) is 5.92 Å². The molecule has 0 radical (unpaired) electrons. The summed E-state index contributed by atoms with van der Waals surface area (Å²) >= 11 is 0. The van der Waals surface area contributed by atoms with Crippen LogP contribution in [0.15, 0.2) is 24.3 Å². The summed E-state index contributed by atoms with van der Waals surface area (Å²) in [7, 11) is 2.22. The first kappa shape index (κ1) is 14.4. The molecule has 1 atom stereocenters. The van der Waals surface area contributed by atoms with Gasteiger partial charge in [0, 0.05) is 25.3 Å². The normalized spacial score (nSPS) is 17.0. The minimum absolute atomic E-state index is 0.496. The second-order valence-electron chi connectivity index (χ2n) is 5.79. The Kier molecular flexibility index (Phi) is 5.26. The van der Waals surface area contributed by atoms with Crippen LogP contribution in [0.4, 0.5) is 5.69 Å². The van der Waals surface area contributed by atoms with Crippen molar-refractivity contribution in [2.75, 3.05) is 25.0 Å². The summed E-state index contributed by atoms with van der Waals surface area (Å²) in [5.74, 6) is 0.926. The maximum Gasteiger partial charge on any atom is 0.0363 e. The number of nitrogens with one attached hydrogen (secondary N) is 1. The van der Waals surface area contributed by atoms with Crippen LogP contribution in [0.1, 0.15) is 51.1 Å². The van der Waals surface area contributed by atoms with Gasteiger partial charge >= 0.3 is 0 Å². The molecule has 1 aromatic carbocycles. The Morgan fingerprint density at radius 2 is 1.89 bits per heavy atom. The lowest BCUT2D eigenvalue weighted by Gasteiger charge is -2.31. The summed E-state index contributed by atoms with van der Waals surface area (Å²) < 4.78 is 0. The molecule has 0 saturated heterocycles. The monoisotopic (exact) mass is 260 g/mol. The fraction of sp³-hybridized carbons (Fsp3) is 0.647. The summed E-state index contributed by atoms with van der Waals surface area (Å²) in [6, 6.07) is 9.60. The smallest absolute Gasteiger partial charge is 0.0363 e. The summed E-state index contributed by atoms with van der Waals surface area (Å²) in [6.07, 6.45) is 5.41. The number of rotatable bonds is 7. The van der Waals surface area contributed by atoms with Crippen molar-refractivity contribution >= 4 is 5.69 Å². The van der Waals surface area contributed by atoms with Gasteiger partial charge in [0.05, 0.1) is 0 Å². The van der Waals surface area contributed by atoms with Crippen molar-refractivity contribution < 1.29 is 0 Å². The fourth-order valence-corrected chi connectivity index (χ4v) is 2.87. The Bertz CT molecular complexity index is 367. The van der Waals surface area contributed by atoms with Gasteiger partial charge in [0.1, 0.15) is 0 Å². The Morgan fingerprint density at radius 3 is 2.37 bits per heavy atom. The quantitative estimate of drug-likeness (QED) is 0.797. The molecule has 0 aliphatic heterocycles. The van der Waals surface area contributed by atoms with Gasteiger partial charge in [-0.05, 0) is 49.4 Å². The number of benzene rings is 1. The summed E-state index contributed by atoms with van der Waals surface area (Å²) in [6.45, 7) is 6.65. The van der Waals surface area contributed by atoms with E-state index in [1.165, 1.54) is 37.1 Å². The molecule has 2 rings (SSSR count). The SMILES string of the molecule is CCNC(CC)c1ccc(N(C)CC2CCC2)cc1. The highest BCUT2D eigenvalue weighted by Gasteiger charge is 2.19. The van der Waals surface area contributed by atoms with Gasteiger partial charge in [0.25, 0.3) is 0 Å². The van der Waals surface area contributed by atoms with Gasteiger partial charge in [-0.25, -0.2) is 0 Å². The van der Waals surface area contributed by atoms with E-state index in [1.54, 1.807) is 0 Å². The minimum atomic E-state index is 0.496. The van der Waals surface area contributed by atoms with E-state index in [9.17, 15) is 0 Å². The van der Waals surface area contributed by atoms with E-state index in [0.29, 0.717) is 6.04 Å². The molecule has 1 aromatic rings. The number of hydrogen-bond donors (Lipinski definition) is 1. The van der Waals surface area contributed by atoms with Crippen LogP contribution in [0.5, 0.6) is 0 Å². The van der Waals surface area contributed by atoms with Crippen molar-refractivity contribution in [3.05, 3.63) is 29.8 Å². The molecule has 1 unspecified atom stereocenters. The highest BCUT2D eigenvalue weighted by Crippen LogP contribution is 2.28. The number of anilines is 1. The lowest BCUT2D eigenvalue weighted by molar-refractivity contribution is 0.321. The third-order valence-corrected chi connectivity index (χ3v) is 4.35. The van der Waals surface area contributed by atoms with Gasteiger partial charge in [-0.1, -0.05) is 32.4 Å². The molecule has 106 valence electrons. The summed E-state index contributed by atoms with van der Waals surface area (Å²) in [4.78, 5) is 2.40. The van der Waals surface area contributed by atoms with Gasteiger partial charge in [0.15, 0.2) is 0 Å². The van der Waals surface area contributed by atoms with E-state index in [2.05, 4.69) is 55.4 Å². The van der Waals surface area contributed by atoms with Crippen LogP contribution >= 0.6 is 0 Å². The van der Waals surface area contributed by atoms with Crippen LogP contribution in [0.2, 0.25) is 0 Å². The molecule has 2 heteroatoms. The zero-order valence-electron chi connectivity index (χ0n) is 12.7. The Hall–Kier alpha value is -1.02. The molecule has 0 bridgehead atoms. The van der Waals surface area contributed by atoms with Gasteiger partial charge in [-0.3, -0.25) is 0 Å². The molecule has 2 nitrogen and oxygen atoms in total. The third kappa shape index (κ3) is 3.73. The molecule has 1 fully saturated rings. The molecule has 1 aliphatic rings. The Labute approximate surface area is 118 Å². The Morgan fingerprint density at radius 1 is 1.21 bits per heavy atom. The summed E-state index contributed by atoms with van der Waals surface area (Å²) in [5.41, 5.74) is 2.76. The lowest BCUT2D eigenvalue weighted by Crippen LogP contribution is -2.29. The van der Waals surface area contributed by atoms with Crippen molar-refractivity contribution in [1.29, 1.82) is 0 Å². The van der Waals surface area contributed by atoms with Crippen LogP contribution < -0.4 is 10.2 Å². The highest BCUT2D eigenvalue weighted by molar-refractivity contribution is 5.47. The highest BCUT2D eigenvalue weighted by atomic mass is 15.1. The van der Waals surface area contributed by atoms with Crippen molar-refractivity contribution in [1.82, 2.24) is 5.32 Å². The van der Waals surface area contributed by atoms with Crippen LogP contribution in [0.25, 0.3) is 0 Å². The lowest BCUT2D eigenvalue weighted by atomic mass is 9.85. The van der Waals surface area contributed by atoms with E-state index in [1.807, 2.05) is 0 Å². The maximum absolute atomic E-state index is 3.53. The molecule has 1 aliphatic carbocycles. The van der Waals surface area contributed by atoms with Crippen molar-refractivity contribution in [3.8, 4) is 0 Å².